The highest BCUT2D eigenvalue weighted by Crippen LogP contribution is 2.31. The zero-order valence-electron chi connectivity index (χ0n) is 19.0. The van der Waals surface area contributed by atoms with Crippen LogP contribution in [0.15, 0.2) is 65.8 Å². The molecule has 0 bridgehead atoms. The molecule has 11 heteroatoms. The van der Waals surface area contributed by atoms with Gasteiger partial charge in [-0.15, -0.1) is 13.2 Å². The topological polar surface area (TPSA) is 100 Å². The highest BCUT2D eigenvalue weighted by atomic mass is 19.4. The lowest BCUT2D eigenvalue weighted by Crippen LogP contribution is -2.29. The van der Waals surface area contributed by atoms with Crippen LogP contribution < -0.4 is 20.4 Å². The van der Waals surface area contributed by atoms with E-state index in [2.05, 4.69) is 20.6 Å². The molecule has 0 unspecified atom stereocenters. The molecule has 1 aliphatic rings. The Hall–Kier alpha value is -4.67. The molecule has 4 rings (SSSR count). The minimum absolute atomic E-state index is 0.0933. The quantitative estimate of drug-likeness (QED) is 0.290. The molecule has 0 saturated carbocycles. The predicted molar refractivity (Wildman–Crippen MR) is 126 cm³/mol. The number of halogens is 3. The number of carbonyl (C=O) groups excluding carboxylic acids is 3. The number of nitrogens with zero attached hydrogens (tertiary/aromatic N) is 2. The number of hydrogen-bond donors (Lipinski definition) is 2. The SMILES string of the molecule is Cc1cccc(C)c1NC(=O)NN=Cc1ccc2c(c1)C(=O)N(c1ccc(OC(F)(F)F)cc1)C2=O. The molecule has 3 aromatic carbocycles. The summed E-state index contributed by atoms with van der Waals surface area (Å²) in [6.45, 7) is 3.73. The summed E-state index contributed by atoms with van der Waals surface area (Å²) in [5.41, 5.74) is 5.56. The largest absolute Gasteiger partial charge is 0.573 e. The number of alkyl halides is 3. The maximum Gasteiger partial charge on any atom is 0.573 e. The zero-order valence-corrected chi connectivity index (χ0v) is 19.0. The van der Waals surface area contributed by atoms with Gasteiger partial charge in [0.05, 0.1) is 23.0 Å². The fourth-order valence-electron chi connectivity index (χ4n) is 3.69. The smallest absolute Gasteiger partial charge is 0.406 e. The Labute approximate surface area is 203 Å². The van der Waals surface area contributed by atoms with Crippen LogP contribution in [0.4, 0.5) is 29.3 Å². The first kappa shape index (κ1) is 24.5. The van der Waals surface area contributed by atoms with Crippen LogP contribution in [0.2, 0.25) is 0 Å². The van der Waals surface area contributed by atoms with Gasteiger partial charge in [-0.3, -0.25) is 9.59 Å². The summed E-state index contributed by atoms with van der Waals surface area (Å²) in [6, 6.07) is 13.9. The maximum atomic E-state index is 12.9. The van der Waals surface area contributed by atoms with Crippen molar-refractivity contribution in [2.45, 2.75) is 20.2 Å². The number of para-hydroxylation sites is 1. The number of urea groups is 1. The van der Waals surface area contributed by atoms with E-state index in [9.17, 15) is 27.6 Å². The molecule has 184 valence electrons. The Balaban J connectivity index is 1.45. The first-order chi connectivity index (χ1) is 17.0. The van der Waals surface area contributed by atoms with Crippen molar-refractivity contribution in [1.29, 1.82) is 0 Å². The van der Waals surface area contributed by atoms with Gasteiger partial charge in [0.2, 0.25) is 0 Å². The normalized spacial score (nSPS) is 13.2. The van der Waals surface area contributed by atoms with Crippen molar-refractivity contribution in [1.82, 2.24) is 5.43 Å². The van der Waals surface area contributed by atoms with E-state index in [1.165, 1.54) is 30.5 Å². The standard InChI is InChI=1S/C25H19F3N4O4/c1-14-4-3-5-15(2)21(14)30-24(35)31-29-13-16-6-11-19-20(12-16)23(34)32(22(19)33)17-7-9-18(10-8-17)36-25(26,27)28/h3-13H,1-2H3,(H2,30,31,35). The summed E-state index contributed by atoms with van der Waals surface area (Å²) < 4.78 is 40.9. The molecule has 0 aliphatic carbocycles. The number of rotatable bonds is 5. The summed E-state index contributed by atoms with van der Waals surface area (Å²) in [6.07, 6.45) is -3.54. The molecule has 36 heavy (non-hydrogen) atoms. The molecule has 0 saturated heterocycles. The third kappa shape index (κ3) is 5.19. The van der Waals surface area contributed by atoms with Gasteiger partial charge in [-0.05, 0) is 66.9 Å². The first-order valence-electron chi connectivity index (χ1n) is 10.6. The highest BCUT2D eigenvalue weighted by Gasteiger charge is 2.37. The third-order valence-corrected chi connectivity index (χ3v) is 5.34. The number of amides is 4. The van der Waals surface area contributed by atoms with Crippen molar-refractivity contribution in [2.24, 2.45) is 5.10 Å². The Morgan fingerprint density at radius 1 is 0.944 bits per heavy atom. The van der Waals surface area contributed by atoms with Crippen molar-refractivity contribution in [3.63, 3.8) is 0 Å². The molecule has 0 fully saturated rings. The second kappa shape index (κ2) is 9.53. The number of fused-ring (bicyclic) bond motifs is 1. The summed E-state index contributed by atoms with van der Waals surface area (Å²) in [5, 5.41) is 6.60. The van der Waals surface area contributed by atoms with E-state index < -0.39 is 30.0 Å². The van der Waals surface area contributed by atoms with Crippen molar-refractivity contribution in [3.8, 4) is 5.75 Å². The van der Waals surface area contributed by atoms with Gasteiger partial charge in [0, 0.05) is 5.69 Å². The summed E-state index contributed by atoms with van der Waals surface area (Å²) in [5.74, 6) is -1.74. The Kier molecular flexibility index (Phi) is 6.47. The number of ether oxygens (including phenoxy) is 1. The van der Waals surface area contributed by atoms with Gasteiger partial charge in [-0.1, -0.05) is 24.3 Å². The molecule has 0 atom stereocenters. The molecular formula is C25H19F3N4O4. The van der Waals surface area contributed by atoms with Crippen molar-refractivity contribution >= 4 is 35.4 Å². The third-order valence-electron chi connectivity index (χ3n) is 5.34. The van der Waals surface area contributed by atoms with Gasteiger partial charge in [-0.2, -0.15) is 5.10 Å². The Morgan fingerprint density at radius 3 is 2.22 bits per heavy atom. The molecule has 3 aromatic rings. The molecule has 1 aliphatic heterocycles. The number of nitrogens with one attached hydrogen (secondary N) is 2. The molecule has 8 nitrogen and oxygen atoms in total. The van der Waals surface area contributed by atoms with Crippen molar-refractivity contribution < 1.29 is 32.3 Å². The lowest BCUT2D eigenvalue weighted by molar-refractivity contribution is -0.274. The van der Waals surface area contributed by atoms with Gasteiger partial charge < -0.3 is 10.1 Å². The molecule has 2 N–H and O–H groups in total. The molecule has 4 amide bonds. The highest BCUT2D eigenvalue weighted by molar-refractivity contribution is 6.34. The summed E-state index contributed by atoms with van der Waals surface area (Å²) in [4.78, 5) is 38.7. The Bertz CT molecular complexity index is 1360. The predicted octanol–water partition coefficient (Wildman–Crippen LogP) is 5.16. The van der Waals surface area contributed by atoms with Gasteiger partial charge in [0.25, 0.3) is 11.8 Å². The summed E-state index contributed by atoms with van der Waals surface area (Å²) >= 11 is 0. The lowest BCUT2D eigenvalue weighted by atomic mass is 10.1. The van der Waals surface area contributed by atoms with E-state index in [1.54, 1.807) is 6.07 Å². The molecule has 0 radical (unpaired) electrons. The molecular weight excluding hydrogens is 477 g/mol. The molecule has 1 heterocycles. The average molecular weight is 496 g/mol. The zero-order chi connectivity index (χ0) is 26.0. The number of carbonyl (C=O) groups is 3. The van der Waals surface area contributed by atoms with Crippen LogP contribution in [0, 0.1) is 13.8 Å². The van der Waals surface area contributed by atoms with E-state index in [0.717, 1.165) is 28.2 Å². The van der Waals surface area contributed by atoms with E-state index in [4.69, 9.17) is 0 Å². The van der Waals surface area contributed by atoms with E-state index in [1.807, 2.05) is 32.0 Å². The second-order valence-electron chi connectivity index (χ2n) is 7.88. The van der Waals surface area contributed by atoms with Crippen LogP contribution in [0.1, 0.15) is 37.4 Å². The van der Waals surface area contributed by atoms with Crippen LogP contribution in [0.5, 0.6) is 5.75 Å². The molecule has 0 aromatic heterocycles. The number of hydrogen-bond acceptors (Lipinski definition) is 5. The van der Waals surface area contributed by atoms with Crippen LogP contribution in [0.25, 0.3) is 0 Å². The van der Waals surface area contributed by atoms with Crippen molar-refractivity contribution in [2.75, 3.05) is 10.2 Å². The number of anilines is 2. The van der Waals surface area contributed by atoms with E-state index in [0.29, 0.717) is 11.3 Å². The Morgan fingerprint density at radius 2 is 1.58 bits per heavy atom. The van der Waals surface area contributed by atoms with Gasteiger partial charge in [-0.25, -0.2) is 15.1 Å². The van der Waals surface area contributed by atoms with Crippen molar-refractivity contribution in [3.05, 3.63) is 88.5 Å². The van der Waals surface area contributed by atoms with E-state index >= 15 is 0 Å². The lowest BCUT2D eigenvalue weighted by Gasteiger charge is -2.15. The molecule has 0 spiro atoms. The first-order valence-corrected chi connectivity index (χ1v) is 10.6. The number of aryl methyl sites for hydroxylation is 2. The van der Waals surface area contributed by atoms with Gasteiger partial charge >= 0.3 is 12.4 Å². The summed E-state index contributed by atoms with van der Waals surface area (Å²) in [7, 11) is 0. The van der Waals surface area contributed by atoms with Crippen LogP contribution in [0.3, 0.4) is 0 Å². The monoisotopic (exact) mass is 496 g/mol. The van der Waals surface area contributed by atoms with Crippen LogP contribution in [-0.2, 0) is 0 Å². The fourth-order valence-corrected chi connectivity index (χ4v) is 3.69. The second-order valence-corrected chi connectivity index (χ2v) is 7.88. The van der Waals surface area contributed by atoms with Gasteiger partial charge in [0.15, 0.2) is 0 Å². The van der Waals surface area contributed by atoms with Crippen LogP contribution in [-0.4, -0.2) is 30.4 Å². The van der Waals surface area contributed by atoms with Crippen LogP contribution >= 0.6 is 0 Å². The number of hydrazone groups is 1. The minimum atomic E-state index is -4.86. The van der Waals surface area contributed by atoms with Gasteiger partial charge in [0.1, 0.15) is 5.75 Å². The number of benzene rings is 3. The minimum Gasteiger partial charge on any atom is -0.406 e. The van der Waals surface area contributed by atoms with E-state index in [-0.39, 0.29) is 16.8 Å². The maximum absolute atomic E-state index is 12.9. The fraction of sp³-hybridized carbons (Fsp3) is 0.120. The number of imide groups is 1. The average Bonchev–Trinajstić information content (AvgIpc) is 3.05.